The number of pyridine rings is 1. The van der Waals surface area contributed by atoms with Gasteiger partial charge in [0.15, 0.2) is 0 Å². The SMILES string of the molecule is Cc1cnc(C(=O)N2CC[C@H](c3nc(-c4ccncc4)cc(=O)[nH]3)C2)cn1. The summed E-state index contributed by atoms with van der Waals surface area (Å²) in [5, 5.41) is 0. The number of carbonyl (C=O) groups excluding carboxylic acids is 1. The van der Waals surface area contributed by atoms with Gasteiger partial charge in [-0.05, 0) is 25.5 Å². The number of rotatable bonds is 3. The van der Waals surface area contributed by atoms with Crippen molar-refractivity contribution in [1.82, 2.24) is 29.8 Å². The summed E-state index contributed by atoms with van der Waals surface area (Å²) < 4.78 is 0. The monoisotopic (exact) mass is 362 g/mol. The molecule has 0 saturated carbocycles. The Balaban J connectivity index is 1.55. The number of likely N-dealkylation sites (tertiary alicyclic amines) is 1. The number of H-pyrrole nitrogens is 1. The van der Waals surface area contributed by atoms with E-state index in [2.05, 4.69) is 24.9 Å². The molecule has 1 atom stereocenters. The van der Waals surface area contributed by atoms with Crippen LogP contribution >= 0.6 is 0 Å². The topological polar surface area (TPSA) is 105 Å². The molecular weight excluding hydrogens is 344 g/mol. The Labute approximate surface area is 155 Å². The van der Waals surface area contributed by atoms with Gasteiger partial charge in [-0.3, -0.25) is 19.6 Å². The molecule has 0 bridgehead atoms. The molecule has 0 spiro atoms. The minimum atomic E-state index is -0.207. The van der Waals surface area contributed by atoms with Crippen LogP contribution in [-0.4, -0.2) is 48.8 Å². The minimum Gasteiger partial charge on any atom is -0.337 e. The van der Waals surface area contributed by atoms with Crippen LogP contribution in [0.15, 0.2) is 47.8 Å². The molecular formula is C19H18N6O2. The second-order valence-electron chi connectivity index (χ2n) is 6.53. The van der Waals surface area contributed by atoms with Crippen molar-refractivity contribution in [3.05, 3.63) is 70.6 Å². The molecule has 0 aromatic carbocycles. The third-order valence-corrected chi connectivity index (χ3v) is 4.60. The maximum atomic E-state index is 12.6. The van der Waals surface area contributed by atoms with E-state index in [1.807, 2.05) is 19.1 Å². The van der Waals surface area contributed by atoms with Gasteiger partial charge in [-0.1, -0.05) is 0 Å². The molecule has 3 aromatic heterocycles. The number of amides is 1. The summed E-state index contributed by atoms with van der Waals surface area (Å²) in [6.45, 7) is 2.89. The van der Waals surface area contributed by atoms with Crippen molar-refractivity contribution in [3.8, 4) is 11.3 Å². The molecule has 0 aliphatic carbocycles. The quantitative estimate of drug-likeness (QED) is 0.758. The molecule has 136 valence electrons. The summed E-state index contributed by atoms with van der Waals surface area (Å²) in [7, 11) is 0. The van der Waals surface area contributed by atoms with Gasteiger partial charge in [0, 0.05) is 49.2 Å². The fraction of sp³-hybridized carbons (Fsp3) is 0.263. The standard InChI is InChI=1S/C19H18N6O2/c1-12-9-22-16(10-21-12)19(27)25-7-4-14(11-25)18-23-15(8-17(26)24-18)13-2-5-20-6-3-13/h2-3,5-6,8-10,14H,4,7,11H2,1H3,(H,23,24,26)/t14-/m0/s1. The first-order chi connectivity index (χ1) is 13.1. The zero-order valence-corrected chi connectivity index (χ0v) is 14.8. The third kappa shape index (κ3) is 3.59. The smallest absolute Gasteiger partial charge is 0.274 e. The Bertz CT molecular complexity index is 1020. The number of hydrogen-bond donors (Lipinski definition) is 1. The van der Waals surface area contributed by atoms with Crippen molar-refractivity contribution in [3.63, 3.8) is 0 Å². The molecule has 27 heavy (non-hydrogen) atoms. The number of aromatic amines is 1. The van der Waals surface area contributed by atoms with E-state index in [4.69, 9.17) is 0 Å². The molecule has 0 unspecified atom stereocenters. The van der Waals surface area contributed by atoms with Crippen LogP contribution < -0.4 is 5.56 Å². The average molecular weight is 362 g/mol. The Morgan fingerprint density at radius 3 is 2.78 bits per heavy atom. The molecule has 0 radical (unpaired) electrons. The summed E-state index contributed by atoms with van der Waals surface area (Å²) >= 11 is 0. The van der Waals surface area contributed by atoms with E-state index < -0.39 is 0 Å². The maximum absolute atomic E-state index is 12.6. The number of carbonyl (C=O) groups is 1. The Morgan fingerprint density at radius 1 is 1.22 bits per heavy atom. The van der Waals surface area contributed by atoms with Crippen LogP contribution in [0, 0.1) is 6.92 Å². The molecule has 1 saturated heterocycles. The molecule has 1 aliphatic heterocycles. The highest BCUT2D eigenvalue weighted by Gasteiger charge is 2.30. The summed E-state index contributed by atoms with van der Waals surface area (Å²) in [4.78, 5) is 46.1. The fourth-order valence-corrected chi connectivity index (χ4v) is 3.17. The molecule has 4 rings (SSSR count). The van der Waals surface area contributed by atoms with Crippen LogP contribution in [0.3, 0.4) is 0 Å². The van der Waals surface area contributed by atoms with Crippen molar-refractivity contribution in [2.75, 3.05) is 13.1 Å². The lowest BCUT2D eigenvalue weighted by Gasteiger charge is -2.16. The lowest BCUT2D eigenvalue weighted by molar-refractivity contribution is 0.0784. The van der Waals surface area contributed by atoms with E-state index in [-0.39, 0.29) is 17.4 Å². The van der Waals surface area contributed by atoms with Crippen LogP contribution in [-0.2, 0) is 0 Å². The van der Waals surface area contributed by atoms with Gasteiger partial charge < -0.3 is 9.88 Å². The van der Waals surface area contributed by atoms with Gasteiger partial charge in [0.2, 0.25) is 0 Å². The number of hydrogen-bond acceptors (Lipinski definition) is 6. The predicted octanol–water partition coefficient (Wildman–Crippen LogP) is 1.56. The zero-order valence-electron chi connectivity index (χ0n) is 14.8. The van der Waals surface area contributed by atoms with E-state index in [9.17, 15) is 9.59 Å². The average Bonchev–Trinajstić information content (AvgIpc) is 3.18. The number of nitrogens with one attached hydrogen (secondary N) is 1. The van der Waals surface area contributed by atoms with Gasteiger partial charge in [0.25, 0.3) is 11.5 Å². The highest BCUT2D eigenvalue weighted by molar-refractivity contribution is 5.92. The summed E-state index contributed by atoms with van der Waals surface area (Å²) in [6.07, 6.45) is 7.13. The normalized spacial score (nSPS) is 16.5. The molecule has 1 fully saturated rings. The van der Waals surface area contributed by atoms with Crippen molar-refractivity contribution in [1.29, 1.82) is 0 Å². The third-order valence-electron chi connectivity index (χ3n) is 4.60. The first kappa shape index (κ1) is 17.0. The zero-order chi connectivity index (χ0) is 18.8. The highest BCUT2D eigenvalue weighted by Crippen LogP contribution is 2.26. The molecule has 1 aliphatic rings. The molecule has 8 heteroatoms. The first-order valence-electron chi connectivity index (χ1n) is 8.70. The molecule has 1 amide bonds. The number of nitrogens with zero attached hydrogens (tertiary/aromatic N) is 5. The van der Waals surface area contributed by atoms with E-state index in [0.29, 0.717) is 30.3 Å². The van der Waals surface area contributed by atoms with Gasteiger partial charge >= 0.3 is 0 Å². The van der Waals surface area contributed by atoms with Crippen molar-refractivity contribution >= 4 is 5.91 Å². The Kier molecular flexibility index (Phi) is 4.45. The largest absolute Gasteiger partial charge is 0.337 e. The molecule has 4 heterocycles. The maximum Gasteiger partial charge on any atom is 0.274 e. The van der Waals surface area contributed by atoms with Gasteiger partial charge in [-0.2, -0.15) is 0 Å². The van der Waals surface area contributed by atoms with E-state index in [0.717, 1.165) is 17.7 Å². The lowest BCUT2D eigenvalue weighted by Crippen LogP contribution is -2.29. The second-order valence-corrected chi connectivity index (χ2v) is 6.53. The summed E-state index contributed by atoms with van der Waals surface area (Å²) in [5.74, 6) is 0.416. The van der Waals surface area contributed by atoms with Gasteiger partial charge in [0.05, 0.1) is 17.6 Å². The lowest BCUT2D eigenvalue weighted by atomic mass is 10.1. The highest BCUT2D eigenvalue weighted by atomic mass is 16.2. The Morgan fingerprint density at radius 2 is 2.04 bits per heavy atom. The molecule has 8 nitrogen and oxygen atoms in total. The van der Waals surface area contributed by atoms with Crippen LogP contribution in [0.1, 0.15) is 34.3 Å². The van der Waals surface area contributed by atoms with Crippen LogP contribution in [0.5, 0.6) is 0 Å². The van der Waals surface area contributed by atoms with Gasteiger partial charge in [0.1, 0.15) is 11.5 Å². The number of aryl methyl sites for hydroxylation is 1. The summed E-state index contributed by atoms with van der Waals surface area (Å²) in [5.41, 5.74) is 2.32. The summed E-state index contributed by atoms with van der Waals surface area (Å²) in [6, 6.07) is 5.09. The Hall–Kier alpha value is -3.42. The fourth-order valence-electron chi connectivity index (χ4n) is 3.17. The molecule has 3 aromatic rings. The van der Waals surface area contributed by atoms with Crippen molar-refractivity contribution in [2.24, 2.45) is 0 Å². The van der Waals surface area contributed by atoms with Crippen LogP contribution in [0.25, 0.3) is 11.3 Å². The van der Waals surface area contributed by atoms with E-state index >= 15 is 0 Å². The minimum absolute atomic E-state index is 0.0261. The van der Waals surface area contributed by atoms with Gasteiger partial charge in [-0.15, -0.1) is 0 Å². The van der Waals surface area contributed by atoms with Crippen LogP contribution in [0.4, 0.5) is 0 Å². The van der Waals surface area contributed by atoms with Crippen molar-refractivity contribution in [2.45, 2.75) is 19.3 Å². The van der Waals surface area contributed by atoms with Crippen molar-refractivity contribution < 1.29 is 4.79 Å². The number of aromatic nitrogens is 5. The van der Waals surface area contributed by atoms with Crippen LogP contribution in [0.2, 0.25) is 0 Å². The predicted molar refractivity (Wildman–Crippen MR) is 98.1 cm³/mol. The van der Waals surface area contributed by atoms with E-state index in [1.54, 1.807) is 23.5 Å². The van der Waals surface area contributed by atoms with Gasteiger partial charge in [-0.25, -0.2) is 9.97 Å². The second kappa shape index (κ2) is 7.06. The first-order valence-corrected chi connectivity index (χ1v) is 8.70. The molecule has 1 N–H and O–H groups in total. The van der Waals surface area contributed by atoms with E-state index in [1.165, 1.54) is 12.3 Å².